The summed E-state index contributed by atoms with van der Waals surface area (Å²) >= 11 is 0. The standard InChI is InChI=1S/C22H23F2N3.ClH/c23-20-6-4-17(5-7-20)12-18-8-10-26(11-9-18)15-19-14-25-27(16-19)22-3-1-2-21(24)13-22;/h1-7,13-14,16,18H,8-12,15H2;1H. The van der Waals surface area contributed by atoms with Gasteiger partial charge in [-0.05, 0) is 74.2 Å². The van der Waals surface area contributed by atoms with Crippen LogP contribution in [0.25, 0.3) is 5.69 Å². The van der Waals surface area contributed by atoms with Crippen LogP contribution in [0.2, 0.25) is 0 Å². The Balaban J connectivity index is 0.00000225. The van der Waals surface area contributed by atoms with Gasteiger partial charge in [0.05, 0.1) is 11.9 Å². The van der Waals surface area contributed by atoms with Crippen LogP contribution in [0.1, 0.15) is 24.0 Å². The fourth-order valence-electron chi connectivity index (χ4n) is 3.76. The molecule has 4 rings (SSSR count). The first-order valence-corrected chi connectivity index (χ1v) is 9.42. The van der Waals surface area contributed by atoms with E-state index in [1.165, 1.54) is 17.7 Å². The van der Waals surface area contributed by atoms with Gasteiger partial charge in [-0.25, -0.2) is 13.5 Å². The molecule has 0 spiro atoms. The molecule has 2 heterocycles. The van der Waals surface area contributed by atoms with Crippen LogP contribution in [0, 0.1) is 17.6 Å². The summed E-state index contributed by atoms with van der Waals surface area (Å²) in [6.45, 7) is 2.96. The molecule has 3 nitrogen and oxygen atoms in total. The highest BCUT2D eigenvalue weighted by Gasteiger charge is 2.20. The van der Waals surface area contributed by atoms with Gasteiger partial charge in [-0.3, -0.25) is 4.90 Å². The summed E-state index contributed by atoms with van der Waals surface area (Å²) in [4.78, 5) is 2.44. The van der Waals surface area contributed by atoms with Crippen molar-refractivity contribution >= 4 is 12.4 Å². The Morgan fingerprint density at radius 3 is 2.39 bits per heavy atom. The Morgan fingerprint density at radius 2 is 1.68 bits per heavy atom. The zero-order valence-electron chi connectivity index (χ0n) is 15.6. The monoisotopic (exact) mass is 403 g/mol. The molecule has 0 atom stereocenters. The Hall–Kier alpha value is -2.24. The van der Waals surface area contributed by atoms with Gasteiger partial charge in [0.2, 0.25) is 0 Å². The number of hydrogen-bond donors (Lipinski definition) is 0. The molecule has 3 aromatic rings. The fraction of sp³-hybridized carbons (Fsp3) is 0.318. The van der Waals surface area contributed by atoms with Crippen LogP contribution in [0.3, 0.4) is 0 Å². The lowest BCUT2D eigenvalue weighted by molar-refractivity contribution is 0.177. The van der Waals surface area contributed by atoms with Crippen LogP contribution in [-0.4, -0.2) is 27.8 Å². The lowest BCUT2D eigenvalue weighted by Gasteiger charge is -2.31. The van der Waals surface area contributed by atoms with Gasteiger partial charge < -0.3 is 0 Å². The molecule has 148 valence electrons. The Bertz CT molecular complexity index is 887. The topological polar surface area (TPSA) is 21.1 Å². The van der Waals surface area contributed by atoms with E-state index >= 15 is 0 Å². The van der Waals surface area contributed by atoms with Crippen molar-refractivity contribution in [3.63, 3.8) is 0 Å². The molecule has 0 aliphatic carbocycles. The summed E-state index contributed by atoms with van der Waals surface area (Å²) in [5.41, 5.74) is 3.08. The molecule has 0 unspecified atom stereocenters. The number of benzene rings is 2. The SMILES string of the molecule is Cl.Fc1ccc(CC2CCN(Cc3cnn(-c4cccc(F)c4)c3)CC2)cc1. The van der Waals surface area contributed by atoms with Crippen molar-refractivity contribution in [3.05, 3.63) is 83.7 Å². The summed E-state index contributed by atoms with van der Waals surface area (Å²) in [7, 11) is 0. The maximum atomic E-state index is 13.4. The lowest BCUT2D eigenvalue weighted by Crippen LogP contribution is -2.33. The number of likely N-dealkylation sites (tertiary alicyclic amines) is 1. The van der Waals surface area contributed by atoms with Crippen molar-refractivity contribution in [1.29, 1.82) is 0 Å². The van der Waals surface area contributed by atoms with E-state index in [2.05, 4.69) is 10.00 Å². The first kappa shape index (κ1) is 20.5. The number of aromatic nitrogens is 2. The molecule has 1 saturated heterocycles. The molecule has 0 radical (unpaired) electrons. The number of piperidine rings is 1. The highest BCUT2D eigenvalue weighted by atomic mass is 35.5. The maximum absolute atomic E-state index is 13.4. The molecule has 0 amide bonds. The van der Waals surface area contributed by atoms with Crippen molar-refractivity contribution < 1.29 is 8.78 Å². The Kier molecular flexibility index (Phi) is 6.81. The average molecular weight is 404 g/mol. The Morgan fingerprint density at radius 1 is 0.929 bits per heavy atom. The molecule has 1 fully saturated rings. The number of nitrogens with zero attached hydrogens (tertiary/aromatic N) is 3. The van der Waals surface area contributed by atoms with Crippen LogP contribution >= 0.6 is 12.4 Å². The van der Waals surface area contributed by atoms with Crippen molar-refractivity contribution in [3.8, 4) is 5.69 Å². The molecule has 1 aliphatic heterocycles. The van der Waals surface area contributed by atoms with Crippen LogP contribution in [0.5, 0.6) is 0 Å². The second-order valence-electron chi connectivity index (χ2n) is 7.32. The van der Waals surface area contributed by atoms with Gasteiger partial charge in [0.15, 0.2) is 0 Å². The largest absolute Gasteiger partial charge is 0.299 e. The lowest BCUT2D eigenvalue weighted by atomic mass is 9.90. The molecule has 0 bridgehead atoms. The fourth-order valence-corrected chi connectivity index (χ4v) is 3.76. The third-order valence-electron chi connectivity index (χ3n) is 5.26. The molecule has 6 heteroatoms. The van der Waals surface area contributed by atoms with Gasteiger partial charge in [0.25, 0.3) is 0 Å². The molecule has 0 N–H and O–H groups in total. The smallest absolute Gasteiger partial charge is 0.125 e. The minimum absolute atomic E-state index is 0. The summed E-state index contributed by atoms with van der Waals surface area (Å²) in [5.74, 6) is 0.224. The predicted molar refractivity (Wildman–Crippen MR) is 109 cm³/mol. The molecule has 2 aromatic carbocycles. The van der Waals surface area contributed by atoms with Gasteiger partial charge in [-0.1, -0.05) is 18.2 Å². The average Bonchev–Trinajstić information content (AvgIpc) is 3.14. The van der Waals surface area contributed by atoms with Gasteiger partial charge in [0.1, 0.15) is 11.6 Å². The minimum atomic E-state index is -0.257. The quantitative estimate of drug-likeness (QED) is 0.596. The summed E-state index contributed by atoms with van der Waals surface area (Å²) in [6, 6.07) is 13.3. The normalized spacial score (nSPS) is 15.4. The second-order valence-corrected chi connectivity index (χ2v) is 7.32. The summed E-state index contributed by atoms with van der Waals surface area (Å²) in [6.07, 6.45) is 7.14. The van der Waals surface area contributed by atoms with Gasteiger partial charge in [0, 0.05) is 18.3 Å². The van der Waals surface area contributed by atoms with E-state index in [9.17, 15) is 8.78 Å². The second kappa shape index (κ2) is 9.30. The highest BCUT2D eigenvalue weighted by Crippen LogP contribution is 2.23. The van der Waals surface area contributed by atoms with Crippen molar-refractivity contribution in [2.45, 2.75) is 25.8 Å². The summed E-state index contributed by atoms with van der Waals surface area (Å²) < 4.78 is 28.1. The van der Waals surface area contributed by atoms with E-state index in [1.54, 1.807) is 22.9 Å². The third-order valence-corrected chi connectivity index (χ3v) is 5.26. The number of halogens is 3. The van der Waals surface area contributed by atoms with E-state index in [1.807, 2.05) is 30.6 Å². The van der Waals surface area contributed by atoms with E-state index in [-0.39, 0.29) is 24.0 Å². The molecular formula is C22H24ClF2N3. The zero-order valence-corrected chi connectivity index (χ0v) is 16.4. The molecule has 1 aromatic heterocycles. The van der Waals surface area contributed by atoms with Gasteiger partial charge >= 0.3 is 0 Å². The van der Waals surface area contributed by atoms with Crippen molar-refractivity contribution in [2.75, 3.05) is 13.1 Å². The summed E-state index contributed by atoms with van der Waals surface area (Å²) in [5, 5.41) is 4.36. The minimum Gasteiger partial charge on any atom is -0.299 e. The van der Waals surface area contributed by atoms with Crippen LogP contribution in [-0.2, 0) is 13.0 Å². The van der Waals surface area contributed by atoms with Gasteiger partial charge in [-0.15, -0.1) is 12.4 Å². The van der Waals surface area contributed by atoms with E-state index in [0.717, 1.165) is 50.1 Å². The van der Waals surface area contributed by atoms with Gasteiger partial charge in [-0.2, -0.15) is 5.10 Å². The Labute approximate surface area is 170 Å². The molecule has 1 aliphatic rings. The van der Waals surface area contributed by atoms with Crippen molar-refractivity contribution in [2.24, 2.45) is 5.92 Å². The molecule has 28 heavy (non-hydrogen) atoms. The molecule has 0 saturated carbocycles. The highest BCUT2D eigenvalue weighted by molar-refractivity contribution is 5.85. The first-order valence-electron chi connectivity index (χ1n) is 9.42. The van der Waals surface area contributed by atoms with Crippen LogP contribution in [0.15, 0.2) is 60.9 Å². The van der Waals surface area contributed by atoms with E-state index in [0.29, 0.717) is 5.92 Å². The van der Waals surface area contributed by atoms with E-state index in [4.69, 9.17) is 0 Å². The first-order chi connectivity index (χ1) is 13.2. The third kappa shape index (κ3) is 5.18. The zero-order chi connectivity index (χ0) is 18.6. The number of rotatable bonds is 5. The maximum Gasteiger partial charge on any atom is 0.125 e. The van der Waals surface area contributed by atoms with Crippen molar-refractivity contribution in [1.82, 2.24) is 14.7 Å². The predicted octanol–water partition coefficient (Wildman–Crippen LogP) is 5.03. The number of hydrogen-bond acceptors (Lipinski definition) is 2. The van der Waals surface area contributed by atoms with E-state index < -0.39 is 0 Å². The molecular weight excluding hydrogens is 380 g/mol. The van der Waals surface area contributed by atoms with Crippen LogP contribution < -0.4 is 0 Å². The van der Waals surface area contributed by atoms with Crippen LogP contribution in [0.4, 0.5) is 8.78 Å².